The minimum Gasteiger partial charge on any atom is -0.550 e. The molecule has 230 valence electrons. The third-order valence-electron chi connectivity index (χ3n) is 8.31. The first-order valence-corrected chi connectivity index (χ1v) is 14.9. The molecule has 9 nitrogen and oxygen atoms in total. The number of aliphatic hydroxyl groups excluding tert-OH is 1. The highest BCUT2D eigenvalue weighted by Gasteiger charge is 2.44. The number of fused-ring (bicyclic) bond motifs is 2. The summed E-state index contributed by atoms with van der Waals surface area (Å²) in [5, 5.41) is 23.3. The molecule has 1 aliphatic heterocycles. The fourth-order valence-electron chi connectivity index (χ4n) is 5.97. The Bertz CT molecular complexity index is 1610. The second kappa shape index (κ2) is 13.2. The van der Waals surface area contributed by atoms with Crippen molar-refractivity contribution in [3.05, 3.63) is 89.2 Å². The zero-order valence-corrected chi connectivity index (χ0v) is 25.5. The number of ether oxygens (including phenoxy) is 3. The Morgan fingerprint density at radius 3 is 2.43 bits per heavy atom. The highest BCUT2D eigenvalue weighted by Crippen LogP contribution is 2.47. The lowest BCUT2D eigenvalue weighted by atomic mass is 9.78. The Balaban J connectivity index is 1.71. The molecule has 3 atom stereocenters. The molecule has 2 N–H and O–H groups in total. The van der Waals surface area contributed by atoms with E-state index in [2.05, 4.69) is 4.99 Å². The number of aliphatic hydroxyl groups is 1. The first-order valence-electron chi connectivity index (χ1n) is 14.9. The lowest BCUT2D eigenvalue weighted by Crippen LogP contribution is -2.67. The Kier molecular flexibility index (Phi) is 9.23. The normalized spacial score (nSPS) is 18.4. The molecule has 0 radical (unpaired) electrons. The van der Waals surface area contributed by atoms with Crippen LogP contribution in [0.3, 0.4) is 0 Å². The molecule has 0 bridgehead atoms. The maximum absolute atomic E-state index is 14.0. The summed E-state index contributed by atoms with van der Waals surface area (Å²) in [7, 11) is 3.18. The number of rotatable bonds is 10. The number of carbonyl (C=O) groups excluding carboxylic acids is 2. The van der Waals surface area contributed by atoms with Crippen molar-refractivity contribution >= 4 is 29.0 Å². The molecule has 0 aromatic heterocycles. The van der Waals surface area contributed by atoms with Crippen molar-refractivity contribution in [1.82, 2.24) is 0 Å². The molecule has 0 spiro atoms. The van der Waals surface area contributed by atoms with Crippen LogP contribution in [-0.4, -0.2) is 43.0 Å². The van der Waals surface area contributed by atoms with Gasteiger partial charge in [-0.25, -0.2) is 4.99 Å². The number of aliphatic carboxylic acids is 1. The number of carboxylic acids is 1. The maximum Gasteiger partial charge on any atom is 0.228 e. The van der Waals surface area contributed by atoms with Crippen LogP contribution in [0.25, 0.3) is 0 Å². The fraction of sp³-hybridized carbons (Fsp3) is 0.343. The predicted molar refractivity (Wildman–Crippen MR) is 165 cm³/mol. The predicted octanol–water partition coefficient (Wildman–Crippen LogP) is 4.04. The van der Waals surface area contributed by atoms with Crippen molar-refractivity contribution in [2.45, 2.75) is 64.0 Å². The second-order valence-electron chi connectivity index (χ2n) is 11.1. The first kappa shape index (κ1) is 30.7. The molecule has 0 saturated heterocycles. The van der Waals surface area contributed by atoms with E-state index in [9.17, 15) is 19.8 Å². The van der Waals surface area contributed by atoms with Crippen LogP contribution in [-0.2, 0) is 9.59 Å². The number of allylic oxidation sites excluding steroid dienone is 1. The second-order valence-corrected chi connectivity index (χ2v) is 11.1. The summed E-state index contributed by atoms with van der Waals surface area (Å²) in [6.07, 6.45) is 0.843. The number of hydrogen-bond donors (Lipinski definition) is 2. The van der Waals surface area contributed by atoms with Crippen molar-refractivity contribution in [1.29, 1.82) is 0 Å². The number of hydrogen-bond acceptors (Lipinski definition) is 7. The first-order chi connectivity index (χ1) is 21.2. The van der Waals surface area contributed by atoms with E-state index in [0.717, 1.165) is 17.7 Å². The molecule has 44 heavy (non-hydrogen) atoms. The number of nitrogens with zero attached hydrogens (tertiary/aromatic N) is 1. The number of anilines is 1. The third kappa shape index (κ3) is 6.13. The average Bonchev–Trinajstić information content (AvgIpc) is 3.18. The van der Waals surface area contributed by atoms with Gasteiger partial charge in [-0.2, -0.15) is 0 Å². The van der Waals surface area contributed by atoms with Crippen LogP contribution < -0.4 is 29.2 Å². The van der Waals surface area contributed by atoms with Gasteiger partial charge in [-0.1, -0.05) is 43.3 Å². The van der Waals surface area contributed by atoms with E-state index in [1.165, 1.54) is 0 Å². The van der Waals surface area contributed by atoms with Gasteiger partial charge >= 0.3 is 0 Å². The van der Waals surface area contributed by atoms with Crippen molar-refractivity contribution < 1.29 is 39.0 Å². The third-order valence-corrected chi connectivity index (χ3v) is 8.31. The van der Waals surface area contributed by atoms with Crippen molar-refractivity contribution in [2.75, 3.05) is 19.1 Å². The molecular formula is C35H38N2O7. The SMILES string of the molecule is CCC(C)Oc1ccccc1C1C2=C(O)CC(c3ccc(OC)c(OC)c3)CC2=[NH+]c2ccccc2N1C(=O)CCC(=O)[O-]. The maximum atomic E-state index is 14.0. The van der Waals surface area contributed by atoms with Crippen LogP contribution in [0.15, 0.2) is 78.1 Å². The number of carbonyl (C=O) groups is 2. The topological polar surface area (TPSA) is 122 Å². The lowest BCUT2D eigenvalue weighted by molar-refractivity contribution is -0.354. The summed E-state index contributed by atoms with van der Waals surface area (Å²) < 4.78 is 17.3. The van der Waals surface area contributed by atoms with Gasteiger partial charge < -0.3 is 29.2 Å². The Morgan fingerprint density at radius 1 is 0.977 bits per heavy atom. The highest BCUT2D eigenvalue weighted by atomic mass is 16.5. The molecule has 0 saturated carbocycles. The van der Waals surface area contributed by atoms with Gasteiger partial charge in [0.25, 0.3) is 0 Å². The van der Waals surface area contributed by atoms with Crippen molar-refractivity contribution in [3.63, 3.8) is 0 Å². The van der Waals surface area contributed by atoms with E-state index < -0.39 is 24.3 Å². The van der Waals surface area contributed by atoms with Crippen LogP contribution in [0.2, 0.25) is 0 Å². The van der Waals surface area contributed by atoms with E-state index in [1.807, 2.05) is 80.6 Å². The van der Waals surface area contributed by atoms with Gasteiger partial charge in [0, 0.05) is 42.8 Å². The lowest BCUT2D eigenvalue weighted by Gasteiger charge is -2.35. The number of para-hydroxylation sites is 3. The minimum atomic E-state index is -1.30. The summed E-state index contributed by atoms with van der Waals surface area (Å²) in [4.78, 5) is 30.6. The Labute approximate surface area is 257 Å². The highest BCUT2D eigenvalue weighted by molar-refractivity contribution is 6.06. The van der Waals surface area contributed by atoms with E-state index in [-0.39, 0.29) is 24.2 Å². The molecule has 1 aliphatic carbocycles. The molecule has 3 unspecified atom stereocenters. The minimum absolute atomic E-state index is 0.0959. The fourth-order valence-corrected chi connectivity index (χ4v) is 5.97. The standard InChI is InChI=1S/C35H38N2O7/c1-5-21(2)44-29-13-9-6-10-24(29)35-34-26(18-23(19-28(34)38)22-14-15-30(42-3)31(20-22)43-4)36-25-11-7-8-12-27(25)37(35)32(39)16-17-33(40)41/h6-15,20-21,23,35,38H,5,16-19H2,1-4H3,(H,40,41). The largest absolute Gasteiger partial charge is 0.550 e. The van der Waals surface area contributed by atoms with E-state index in [0.29, 0.717) is 52.6 Å². The van der Waals surface area contributed by atoms with Gasteiger partial charge in [0.1, 0.15) is 23.2 Å². The number of nitrogens with one attached hydrogen (secondary N) is 1. The zero-order valence-electron chi connectivity index (χ0n) is 25.5. The number of carboxylic acid groups (broad SMARTS) is 1. The van der Waals surface area contributed by atoms with Crippen LogP contribution in [0.4, 0.5) is 11.4 Å². The molecule has 5 rings (SSSR count). The molecule has 1 heterocycles. The van der Waals surface area contributed by atoms with E-state index in [1.54, 1.807) is 19.1 Å². The molecular weight excluding hydrogens is 560 g/mol. The van der Waals surface area contributed by atoms with Crippen LogP contribution in [0, 0.1) is 0 Å². The smallest absolute Gasteiger partial charge is 0.228 e. The van der Waals surface area contributed by atoms with E-state index in [4.69, 9.17) is 14.2 Å². The molecule has 1 amide bonds. The Morgan fingerprint density at radius 2 is 1.70 bits per heavy atom. The quantitative estimate of drug-likeness (QED) is 0.361. The summed E-state index contributed by atoms with van der Waals surface area (Å²) >= 11 is 0. The summed E-state index contributed by atoms with van der Waals surface area (Å²) in [6.45, 7) is 4.01. The van der Waals surface area contributed by atoms with Crippen molar-refractivity contribution in [2.24, 2.45) is 0 Å². The zero-order chi connectivity index (χ0) is 31.4. The van der Waals surface area contributed by atoms with Gasteiger partial charge in [0.2, 0.25) is 11.6 Å². The number of amides is 1. The van der Waals surface area contributed by atoms with Gasteiger partial charge in [-0.15, -0.1) is 0 Å². The summed E-state index contributed by atoms with van der Waals surface area (Å²) in [5.74, 6) is 0.128. The van der Waals surface area contributed by atoms with Crippen LogP contribution >= 0.6 is 0 Å². The van der Waals surface area contributed by atoms with Crippen LogP contribution in [0.5, 0.6) is 17.2 Å². The molecule has 0 fully saturated rings. The van der Waals surface area contributed by atoms with E-state index >= 15 is 0 Å². The molecule has 3 aromatic rings. The molecule has 2 aliphatic rings. The Hall–Kier alpha value is -4.79. The van der Waals surface area contributed by atoms with Gasteiger partial charge in [0.15, 0.2) is 17.2 Å². The number of methoxy groups -OCH3 is 2. The molecule has 9 heteroatoms. The van der Waals surface area contributed by atoms with Gasteiger partial charge in [-0.3, -0.25) is 9.69 Å². The van der Waals surface area contributed by atoms with Crippen molar-refractivity contribution in [3.8, 4) is 17.2 Å². The molecule has 3 aromatic carbocycles. The van der Waals surface area contributed by atoms with Gasteiger partial charge in [0.05, 0.1) is 25.9 Å². The summed E-state index contributed by atoms with van der Waals surface area (Å²) in [6, 6.07) is 19.9. The summed E-state index contributed by atoms with van der Waals surface area (Å²) in [5.41, 5.74) is 4.24. The van der Waals surface area contributed by atoms with Crippen LogP contribution in [0.1, 0.15) is 69.0 Å². The van der Waals surface area contributed by atoms with Gasteiger partial charge in [-0.05, 0) is 49.6 Å². The monoisotopic (exact) mass is 598 g/mol. The average molecular weight is 599 g/mol. The number of benzene rings is 3.